The molecule has 15 rings (SSSR count). The zero-order chi connectivity index (χ0) is 43.8. The first-order valence-electron chi connectivity index (χ1n) is 23.5. The van der Waals surface area contributed by atoms with E-state index in [1.54, 1.807) is 0 Å². The molecule has 0 nitrogen and oxygen atoms in total. The normalized spacial score (nSPS) is 13.2. The van der Waals surface area contributed by atoms with E-state index < -0.39 is 5.41 Å². The SMILES string of the molecule is c1ccc(-c2ccc3cc(-c4c5ccccc5c(-c5ccc6cc7c(cc6c5)C5(c6ccccc6-c6ccccc65)c5c-7c6ccccc6c6ccccc56)c5ccccc45)ccc3c2)cc1. The maximum absolute atomic E-state index is 2.56. The van der Waals surface area contributed by atoms with Crippen LogP contribution in [-0.4, -0.2) is 0 Å². The van der Waals surface area contributed by atoms with Gasteiger partial charge in [-0.05, 0) is 173 Å². The third kappa shape index (κ3) is 4.97. The molecule has 308 valence electrons. The zero-order valence-electron chi connectivity index (χ0n) is 36.6. The van der Waals surface area contributed by atoms with Gasteiger partial charge in [-0.3, -0.25) is 0 Å². The highest BCUT2D eigenvalue weighted by Crippen LogP contribution is 2.66. The molecule has 0 aromatic heterocycles. The van der Waals surface area contributed by atoms with Crippen molar-refractivity contribution in [1.82, 2.24) is 0 Å². The quantitative estimate of drug-likeness (QED) is 0.123. The van der Waals surface area contributed by atoms with Crippen molar-refractivity contribution in [3.05, 3.63) is 265 Å². The predicted octanol–water partition coefficient (Wildman–Crippen LogP) is 18.0. The van der Waals surface area contributed by atoms with E-state index in [1.807, 2.05) is 0 Å². The predicted molar refractivity (Wildman–Crippen MR) is 284 cm³/mol. The molecule has 0 radical (unpaired) electrons. The summed E-state index contributed by atoms with van der Waals surface area (Å²) in [7, 11) is 0. The van der Waals surface area contributed by atoms with Crippen molar-refractivity contribution in [3.63, 3.8) is 0 Å². The number of hydrogen-bond acceptors (Lipinski definition) is 0. The summed E-state index contributed by atoms with van der Waals surface area (Å²) in [6.45, 7) is 0. The van der Waals surface area contributed by atoms with E-state index in [4.69, 9.17) is 0 Å². The Hall–Kier alpha value is -8.58. The lowest BCUT2D eigenvalue weighted by molar-refractivity contribution is 0.803. The van der Waals surface area contributed by atoms with Gasteiger partial charge in [-0.25, -0.2) is 0 Å². The van der Waals surface area contributed by atoms with E-state index in [1.165, 1.54) is 143 Å². The summed E-state index contributed by atoms with van der Waals surface area (Å²) in [4.78, 5) is 0. The molecule has 13 aromatic rings. The molecule has 0 aliphatic heterocycles. The minimum absolute atomic E-state index is 0.490. The Morgan fingerprint density at radius 2 is 0.612 bits per heavy atom. The first-order chi connectivity index (χ1) is 33.2. The highest BCUT2D eigenvalue weighted by Gasteiger charge is 2.53. The molecule has 0 heterocycles. The fraction of sp³-hybridized carbons (Fsp3) is 0.0149. The number of rotatable bonds is 3. The summed E-state index contributed by atoms with van der Waals surface area (Å²) < 4.78 is 0. The molecule has 67 heavy (non-hydrogen) atoms. The second kappa shape index (κ2) is 13.7. The average molecular weight is 845 g/mol. The van der Waals surface area contributed by atoms with Crippen molar-refractivity contribution in [2.45, 2.75) is 5.41 Å². The van der Waals surface area contributed by atoms with Gasteiger partial charge in [0, 0.05) is 0 Å². The monoisotopic (exact) mass is 844 g/mol. The Balaban J connectivity index is 0.980. The summed E-state index contributed by atoms with van der Waals surface area (Å²) >= 11 is 0. The maximum Gasteiger partial charge on any atom is 0.0731 e. The van der Waals surface area contributed by atoms with Crippen molar-refractivity contribution in [1.29, 1.82) is 0 Å². The summed E-state index contributed by atoms with van der Waals surface area (Å²) in [6, 6.07) is 91.5. The van der Waals surface area contributed by atoms with Crippen LogP contribution in [0.3, 0.4) is 0 Å². The molecule has 0 saturated heterocycles. The highest BCUT2D eigenvalue weighted by atomic mass is 14.5. The van der Waals surface area contributed by atoms with Gasteiger partial charge in [0.1, 0.15) is 0 Å². The molecule has 0 atom stereocenters. The molecule has 2 aliphatic rings. The van der Waals surface area contributed by atoms with Crippen LogP contribution in [0.2, 0.25) is 0 Å². The lowest BCUT2D eigenvalue weighted by Gasteiger charge is -2.32. The van der Waals surface area contributed by atoms with E-state index in [0.29, 0.717) is 0 Å². The Bertz CT molecular complexity index is 4160. The standard InChI is InChI=1S/C67H40/c1-2-16-41(17-3-1)42-30-31-44-37-46(34-32-43(44)36-42)63-54-23-7-9-25-56(54)64(57-26-10-8-24-55(57)63)47-35-33-45-39-59-62(40-48(45)38-47)67(60-28-14-12-20-51(60)52-21-13-15-29-61(52)67)66-58-27-11-5-19-50(58)49-18-4-6-22-53(49)65(59)66/h1-40H. The van der Waals surface area contributed by atoms with Crippen LogP contribution in [0.25, 0.3) is 120 Å². The lowest BCUT2D eigenvalue weighted by atomic mass is 9.69. The van der Waals surface area contributed by atoms with Crippen LogP contribution in [0.15, 0.2) is 243 Å². The van der Waals surface area contributed by atoms with Gasteiger partial charge in [-0.1, -0.05) is 212 Å². The van der Waals surface area contributed by atoms with Crippen LogP contribution in [0, 0.1) is 0 Å². The minimum Gasteiger partial charge on any atom is -0.0622 e. The number of benzene rings is 13. The van der Waals surface area contributed by atoms with Crippen molar-refractivity contribution in [2.24, 2.45) is 0 Å². The van der Waals surface area contributed by atoms with Crippen molar-refractivity contribution in [2.75, 3.05) is 0 Å². The molecule has 0 fully saturated rings. The van der Waals surface area contributed by atoms with Crippen LogP contribution in [0.5, 0.6) is 0 Å². The van der Waals surface area contributed by atoms with Gasteiger partial charge in [-0.2, -0.15) is 0 Å². The molecule has 0 bridgehead atoms. The Morgan fingerprint density at radius 3 is 1.18 bits per heavy atom. The molecule has 0 saturated carbocycles. The molecule has 1 spiro atoms. The summed E-state index contributed by atoms with van der Waals surface area (Å²) in [5.41, 5.74) is 17.8. The zero-order valence-corrected chi connectivity index (χ0v) is 36.6. The highest BCUT2D eigenvalue weighted by molar-refractivity contribution is 6.23. The lowest BCUT2D eigenvalue weighted by Crippen LogP contribution is -2.26. The summed E-state index contributed by atoms with van der Waals surface area (Å²) in [5, 5.41) is 15.3. The molecule has 0 N–H and O–H groups in total. The molecule has 0 unspecified atom stereocenters. The summed E-state index contributed by atoms with van der Waals surface area (Å²) in [6.07, 6.45) is 0. The van der Waals surface area contributed by atoms with Gasteiger partial charge >= 0.3 is 0 Å². The van der Waals surface area contributed by atoms with E-state index in [2.05, 4.69) is 243 Å². The molecule has 0 amide bonds. The molecule has 2 aliphatic carbocycles. The van der Waals surface area contributed by atoms with Crippen LogP contribution in [0.4, 0.5) is 0 Å². The fourth-order valence-corrected chi connectivity index (χ4v) is 12.7. The van der Waals surface area contributed by atoms with Gasteiger partial charge in [0.15, 0.2) is 0 Å². The van der Waals surface area contributed by atoms with E-state index in [9.17, 15) is 0 Å². The second-order valence-corrected chi connectivity index (χ2v) is 18.6. The first kappa shape index (κ1) is 36.7. The van der Waals surface area contributed by atoms with E-state index in [0.717, 1.165) is 0 Å². The Kier molecular flexibility index (Phi) is 7.52. The number of fused-ring (bicyclic) bond motifs is 19. The summed E-state index contributed by atoms with van der Waals surface area (Å²) in [5.74, 6) is 0. The van der Waals surface area contributed by atoms with Gasteiger partial charge < -0.3 is 0 Å². The largest absolute Gasteiger partial charge is 0.0731 e. The van der Waals surface area contributed by atoms with Crippen LogP contribution in [0.1, 0.15) is 22.3 Å². The van der Waals surface area contributed by atoms with Gasteiger partial charge in [0.05, 0.1) is 5.41 Å². The smallest absolute Gasteiger partial charge is 0.0622 e. The number of hydrogen-bond donors (Lipinski definition) is 0. The van der Waals surface area contributed by atoms with Crippen molar-refractivity contribution in [3.8, 4) is 55.6 Å². The molecular formula is C67H40. The fourth-order valence-electron chi connectivity index (χ4n) is 12.7. The van der Waals surface area contributed by atoms with Crippen LogP contribution < -0.4 is 0 Å². The van der Waals surface area contributed by atoms with Crippen molar-refractivity contribution >= 4 is 64.6 Å². The first-order valence-corrected chi connectivity index (χ1v) is 23.5. The van der Waals surface area contributed by atoms with Gasteiger partial charge in [0.25, 0.3) is 0 Å². The third-order valence-corrected chi connectivity index (χ3v) is 15.4. The second-order valence-electron chi connectivity index (χ2n) is 18.6. The third-order valence-electron chi connectivity index (χ3n) is 15.4. The Morgan fingerprint density at radius 1 is 0.209 bits per heavy atom. The minimum atomic E-state index is -0.490. The van der Waals surface area contributed by atoms with E-state index >= 15 is 0 Å². The van der Waals surface area contributed by atoms with Gasteiger partial charge in [-0.15, -0.1) is 0 Å². The van der Waals surface area contributed by atoms with Crippen molar-refractivity contribution < 1.29 is 0 Å². The van der Waals surface area contributed by atoms with Gasteiger partial charge in [0.2, 0.25) is 0 Å². The Labute approximate surface area is 388 Å². The van der Waals surface area contributed by atoms with Crippen LogP contribution in [-0.2, 0) is 5.41 Å². The van der Waals surface area contributed by atoms with Crippen LogP contribution >= 0.6 is 0 Å². The molecular weight excluding hydrogens is 805 g/mol. The van der Waals surface area contributed by atoms with E-state index in [-0.39, 0.29) is 0 Å². The maximum atomic E-state index is 2.56. The average Bonchev–Trinajstić information content (AvgIpc) is 3.86. The molecule has 13 aromatic carbocycles. The topological polar surface area (TPSA) is 0 Å². The molecule has 0 heteroatoms.